The normalized spacial score (nSPS) is 10.4. The van der Waals surface area contributed by atoms with Crippen LogP contribution in [-0.2, 0) is 11.3 Å². The summed E-state index contributed by atoms with van der Waals surface area (Å²) in [6, 6.07) is 0. The third-order valence-electron chi connectivity index (χ3n) is 2.03. The van der Waals surface area contributed by atoms with Crippen LogP contribution in [0.25, 0.3) is 0 Å². The van der Waals surface area contributed by atoms with E-state index in [9.17, 15) is 4.79 Å². The molecule has 5 nitrogen and oxygen atoms in total. The summed E-state index contributed by atoms with van der Waals surface area (Å²) in [4.78, 5) is 16.6. The molecular formula is C10H17N3O2S. The van der Waals surface area contributed by atoms with Crippen molar-refractivity contribution in [3.05, 3.63) is 15.6 Å². The first kappa shape index (κ1) is 13.1. The molecule has 0 bridgehead atoms. The molecule has 0 saturated heterocycles. The molecule has 0 aliphatic carbocycles. The van der Waals surface area contributed by atoms with Crippen LogP contribution in [0.5, 0.6) is 0 Å². The van der Waals surface area contributed by atoms with Gasteiger partial charge in [-0.05, 0) is 13.3 Å². The topological polar surface area (TPSA) is 77.2 Å². The van der Waals surface area contributed by atoms with E-state index in [4.69, 9.17) is 10.5 Å². The number of methoxy groups -OCH3 is 1. The maximum Gasteiger partial charge on any atom is 0.263 e. The minimum absolute atomic E-state index is 0.0780. The second kappa shape index (κ2) is 6.57. The van der Waals surface area contributed by atoms with Crippen LogP contribution in [0.15, 0.2) is 0 Å². The van der Waals surface area contributed by atoms with E-state index >= 15 is 0 Å². The maximum absolute atomic E-state index is 11.7. The van der Waals surface area contributed by atoms with E-state index in [1.165, 1.54) is 11.3 Å². The molecule has 0 radical (unpaired) electrons. The van der Waals surface area contributed by atoms with Gasteiger partial charge in [-0.2, -0.15) is 0 Å². The second-order valence-electron chi connectivity index (χ2n) is 3.33. The highest BCUT2D eigenvalue weighted by molar-refractivity contribution is 7.13. The van der Waals surface area contributed by atoms with E-state index in [2.05, 4.69) is 10.3 Å². The number of aromatic nitrogens is 1. The molecule has 16 heavy (non-hydrogen) atoms. The van der Waals surface area contributed by atoms with Crippen molar-refractivity contribution in [3.63, 3.8) is 0 Å². The summed E-state index contributed by atoms with van der Waals surface area (Å²) in [6.45, 7) is 3.46. The average Bonchev–Trinajstić information content (AvgIpc) is 2.66. The predicted molar refractivity (Wildman–Crippen MR) is 63.6 cm³/mol. The Hall–Kier alpha value is -0.980. The predicted octanol–water partition coefficient (Wildman–Crippen LogP) is 0.677. The molecule has 0 spiro atoms. The minimum atomic E-state index is -0.0780. The lowest BCUT2D eigenvalue weighted by atomic mass is 10.3. The van der Waals surface area contributed by atoms with Gasteiger partial charge >= 0.3 is 0 Å². The van der Waals surface area contributed by atoms with Gasteiger partial charge in [0.25, 0.3) is 5.91 Å². The van der Waals surface area contributed by atoms with E-state index in [1.807, 2.05) is 6.92 Å². The first-order chi connectivity index (χ1) is 7.69. The molecule has 0 saturated carbocycles. The summed E-state index contributed by atoms with van der Waals surface area (Å²) in [5.74, 6) is -0.0780. The molecule has 0 aliphatic heterocycles. The van der Waals surface area contributed by atoms with Crippen LogP contribution < -0.4 is 11.1 Å². The van der Waals surface area contributed by atoms with Crippen molar-refractivity contribution in [2.45, 2.75) is 19.9 Å². The molecule has 0 unspecified atom stereocenters. The van der Waals surface area contributed by atoms with E-state index in [0.717, 1.165) is 17.1 Å². The Morgan fingerprint density at radius 3 is 2.94 bits per heavy atom. The van der Waals surface area contributed by atoms with Crippen LogP contribution in [0.3, 0.4) is 0 Å². The van der Waals surface area contributed by atoms with E-state index in [0.29, 0.717) is 24.6 Å². The number of nitrogens with zero attached hydrogens (tertiary/aromatic N) is 1. The van der Waals surface area contributed by atoms with Crippen molar-refractivity contribution >= 4 is 17.2 Å². The average molecular weight is 243 g/mol. The number of amides is 1. The van der Waals surface area contributed by atoms with Crippen LogP contribution in [-0.4, -0.2) is 31.2 Å². The fourth-order valence-corrected chi connectivity index (χ4v) is 2.11. The molecule has 1 aromatic heterocycles. The lowest BCUT2D eigenvalue weighted by molar-refractivity contribution is 0.0952. The van der Waals surface area contributed by atoms with Gasteiger partial charge in [0, 0.05) is 26.8 Å². The number of ether oxygens (including phenoxy) is 1. The fraction of sp³-hybridized carbons (Fsp3) is 0.600. The zero-order valence-electron chi connectivity index (χ0n) is 9.58. The molecule has 1 heterocycles. The number of carbonyl (C=O) groups excluding carboxylic acids is 1. The van der Waals surface area contributed by atoms with Gasteiger partial charge in [-0.3, -0.25) is 4.79 Å². The Labute approximate surface area is 99.0 Å². The van der Waals surface area contributed by atoms with Crippen molar-refractivity contribution in [3.8, 4) is 0 Å². The first-order valence-corrected chi connectivity index (χ1v) is 5.94. The Morgan fingerprint density at radius 2 is 2.38 bits per heavy atom. The lowest BCUT2D eigenvalue weighted by Crippen LogP contribution is -2.24. The Kier molecular flexibility index (Phi) is 5.37. The lowest BCUT2D eigenvalue weighted by Gasteiger charge is -2.02. The number of aryl methyl sites for hydroxylation is 1. The smallest absolute Gasteiger partial charge is 0.263 e. The summed E-state index contributed by atoms with van der Waals surface area (Å²) in [7, 11) is 1.64. The molecule has 0 aromatic carbocycles. The Morgan fingerprint density at radius 1 is 1.62 bits per heavy atom. The van der Waals surface area contributed by atoms with Crippen LogP contribution in [0.2, 0.25) is 0 Å². The molecule has 1 rings (SSSR count). The van der Waals surface area contributed by atoms with Gasteiger partial charge < -0.3 is 15.8 Å². The summed E-state index contributed by atoms with van der Waals surface area (Å²) >= 11 is 1.35. The Bertz CT molecular complexity index is 352. The molecular weight excluding hydrogens is 226 g/mol. The molecule has 90 valence electrons. The summed E-state index contributed by atoms with van der Waals surface area (Å²) < 4.78 is 4.90. The van der Waals surface area contributed by atoms with Crippen LogP contribution in [0.4, 0.5) is 0 Å². The summed E-state index contributed by atoms with van der Waals surface area (Å²) in [5.41, 5.74) is 6.22. The number of hydrogen-bond acceptors (Lipinski definition) is 5. The van der Waals surface area contributed by atoms with Gasteiger partial charge in [0.1, 0.15) is 9.88 Å². The Balaban J connectivity index is 2.49. The van der Waals surface area contributed by atoms with E-state index in [-0.39, 0.29) is 5.91 Å². The number of nitrogens with one attached hydrogen (secondary N) is 1. The fourth-order valence-electron chi connectivity index (χ4n) is 1.25. The van der Waals surface area contributed by atoms with Crippen molar-refractivity contribution in [1.29, 1.82) is 0 Å². The largest absolute Gasteiger partial charge is 0.385 e. The highest BCUT2D eigenvalue weighted by atomic mass is 32.1. The van der Waals surface area contributed by atoms with Crippen molar-refractivity contribution in [1.82, 2.24) is 10.3 Å². The first-order valence-electron chi connectivity index (χ1n) is 5.12. The molecule has 0 aliphatic rings. The zero-order chi connectivity index (χ0) is 12.0. The van der Waals surface area contributed by atoms with Gasteiger partial charge in [0.15, 0.2) is 0 Å². The minimum Gasteiger partial charge on any atom is -0.385 e. The van der Waals surface area contributed by atoms with Gasteiger partial charge in [-0.15, -0.1) is 11.3 Å². The van der Waals surface area contributed by atoms with Gasteiger partial charge in [-0.1, -0.05) is 0 Å². The number of nitrogens with two attached hydrogens (primary N) is 1. The monoisotopic (exact) mass is 243 g/mol. The third-order valence-corrected chi connectivity index (χ3v) is 3.21. The number of carbonyl (C=O) groups is 1. The van der Waals surface area contributed by atoms with Gasteiger partial charge in [-0.25, -0.2) is 4.98 Å². The molecule has 3 N–H and O–H groups in total. The highest BCUT2D eigenvalue weighted by Gasteiger charge is 2.13. The molecule has 0 atom stereocenters. The van der Waals surface area contributed by atoms with E-state index < -0.39 is 0 Å². The number of thiazole rings is 1. The SMILES string of the molecule is COCCCNC(=O)c1sc(CN)nc1C. The second-order valence-corrected chi connectivity index (χ2v) is 4.41. The highest BCUT2D eigenvalue weighted by Crippen LogP contribution is 2.17. The quantitative estimate of drug-likeness (QED) is 0.720. The van der Waals surface area contributed by atoms with Crippen LogP contribution in [0.1, 0.15) is 26.8 Å². The van der Waals surface area contributed by atoms with Crippen molar-refractivity contribution in [2.24, 2.45) is 5.73 Å². The van der Waals surface area contributed by atoms with Crippen molar-refractivity contribution in [2.75, 3.05) is 20.3 Å². The van der Waals surface area contributed by atoms with E-state index in [1.54, 1.807) is 7.11 Å². The number of rotatable bonds is 6. The number of hydrogen-bond donors (Lipinski definition) is 2. The van der Waals surface area contributed by atoms with Gasteiger partial charge in [0.2, 0.25) is 0 Å². The zero-order valence-corrected chi connectivity index (χ0v) is 10.4. The van der Waals surface area contributed by atoms with Crippen molar-refractivity contribution < 1.29 is 9.53 Å². The summed E-state index contributed by atoms with van der Waals surface area (Å²) in [5, 5.41) is 3.61. The molecule has 1 amide bonds. The van der Waals surface area contributed by atoms with Crippen LogP contribution in [0, 0.1) is 6.92 Å². The molecule has 6 heteroatoms. The third kappa shape index (κ3) is 3.55. The van der Waals surface area contributed by atoms with Gasteiger partial charge in [0.05, 0.1) is 5.69 Å². The molecule has 1 aromatic rings. The molecule has 0 fully saturated rings. The maximum atomic E-state index is 11.7. The standard InChI is InChI=1S/C10H17N3O2S/c1-7-9(16-8(6-11)13-7)10(14)12-4-3-5-15-2/h3-6,11H2,1-2H3,(H,12,14). The van der Waals surface area contributed by atoms with Crippen LogP contribution >= 0.6 is 11.3 Å². The summed E-state index contributed by atoms with van der Waals surface area (Å²) in [6.07, 6.45) is 0.809.